The predicted octanol–water partition coefficient (Wildman–Crippen LogP) is 3.18. The number of hydroxylamine groups is 2. The Kier molecular flexibility index (Phi) is 7.40. The van der Waals surface area contributed by atoms with Gasteiger partial charge in [0.25, 0.3) is 11.8 Å². The number of ether oxygens (including phenoxy) is 1. The minimum Gasteiger partial charge on any atom is -0.458 e. The molecule has 9 atom stereocenters. The molecule has 0 radical (unpaired) electrons. The van der Waals surface area contributed by atoms with Crippen molar-refractivity contribution < 1.29 is 43.8 Å². The van der Waals surface area contributed by atoms with Crippen molar-refractivity contribution in [1.29, 1.82) is 0 Å². The number of hydrogen-bond acceptors (Lipinski definition) is 9. The van der Waals surface area contributed by atoms with Crippen LogP contribution in [0.15, 0.2) is 11.6 Å². The van der Waals surface area contributed by atoms with Crippen molar-refractivity contribution in [1.82, 2.24) is 5.06 Å². The van der Waals surface area contributed by atoms with Gasteiger partial charge in [0, 0.05) is 37.2 Å². The number of hydrogen-bond donors (Lipinski definition) is 2. The highest BCUT2D eigenvalue weighted by atomic mass is 16.7. The average Bonchev–Trinajstić information content (AvgIpc) is 3.60. The van der Waals surface area contributed by atoms with Gasteiger partial charge in [-0.15, -0.1) is 5.06 Å². The van der Waals surface area contributed by atoms with Crippen molar-refractivity contribution in [3.63, 3.8) is 0 Å². The summed E-state index contributed by atoms with van der Waals surface area (Å²) in [5.74, 6) is -1.39. The molecule has 2 aliphatic heterocycles. The van der Waals surface area contributed by atoms with Gasteiger partial charge in [0.05, 0.1) is 18.1 Å². The average molecular weight is 586 g/mol. The summed E-state index contributed by atoms with van der Waals surface area (Å²) in [4.78, 5) is 64.9. The Hall–Kier alpha value is -2.59. The summed E-state index contributed by atoms with van der Waals surface area (Å²) in [6.07, 6.45) is 7.70. The number of fused-ring (bicyclic) bond motifs is 5. The third-order valence-corrected chi connectivity index (χ3v) is 12.5. The van der Waals surface area contributed by atoms with Gasteiger partial charge in [-0.3, -0.25) is 14.4 Å². The number of esters is 1. The lowest BCUT2D eigenvalue weighted by Crippen LogP contribution is -2.66. The third-order valence-electron chi connectivity index (χ3n) is 12.5. The van der Waals surface area contributed by atoms with Crippen LogP contribution < -0.4 is 0 Å². The summed E-state index contributed by atoms with van der Waals surface area (Å²) in [5.41, 5.74) is -0.876. The lowest BCUT2D eigenvalue weighted by molar-refractivity contribution is -0.243. The molecule has 10 nitrogen and oxygen atoms in total. The van der Waals surface area contributed by atoms with Crippen LogP contribution in [0.1, 0.15) is 97.3 Å². The maximum absolute atomic E-state index is 12.8. The van der Waals surface area contributed by atoms with E-state index in [0.717, 1.165) is 44.1 Å². The first kappa shape index (κ1) is 29.5. The topological polar surface area (TPSA) is 148 Å². The summed E-state index contributed by atoms with van der Waals surface area (Å²) < 4.78 is 5.19. The minimum absolute atomic E-state index is 0.0181. The number of aliphatic hydroxyl groups excluding tert-OH is 1. The van der Waals surface area contributed by atoms with Gasteiger partial charge >= 0.3 is 11.9 Å². The Bertz CT molecular complexity index is 1210. The molecule has 6 aliphatic rings. The van der Waals surface area contributed by atoms with Crippen molar-refractivity contribution in [2.45, 2.75) is 109 Å². The Balaban J connectivity index is 1.07. The van der Waals surface area contributed by atoms with E-state index >= 15 is 0 Å². The molecule has 2 N–H and O–H groups in total. The van der Waals surface area contributed by atoms with Crippen LogP contribution in [0.2, 0.25) is 0 Å². The van der Waals surface area contributed by atoms with E-state index in [2.05, 4.69) is 6.92 Å². The van der Waals surface area contributed by atoms with E-state index < -0.39 is 34.9 Å². The van der Waals surface area contributed by atoms with Crippen molar-refractivity contribution in [2.75, 3.05) is 6.61 Å². The van der Waals surface area contributed by atoms with E-state index in [1.54, 1.807) is 6.08 Å². The Morgan fingerprint density at radius 1 is 1.00 bits per heavy atom. The van der Waals surface area contributed by atoms with Gasteiger partial charge in [0.2, 0.25) is 0 Å². The van der Waals surface area contributed by atoms with E-state index in [9.17, 15) is 34.2 Å². The Morgan fingerprint density at radius 2 is 1.74 bits per heavy atom. The Labute approximate surface area is 246 Å². The second-order valence-electron chi connectivity index (χ2n) is 14.3. The highest BCUT2D eigenvalue weighted by Crippen LogP contribution is 2.70. The van der Waals surface area contributed by atoms with Crippen LogP contribution in [0.4, 0.5) is 0 Å². The molecule has 2 heterocycles. The van der Waals surface area contributed by atoms with Gasteiger partial charge in [-0.25, -0.2) is 9.59 Å². The standard InChI is InChI=1S/C32H43NO9/c1-30-11-9-18(14-21(34)4-8-28(38)42-33-26(36)6-7-27(33)37)13-20(30)3-5-23-24(30)16-25(35)31(2)22(10-12-32(23,31)40)19-15-29(39)41-17-19/h15,18,20,22-25,35,40H,3-14,16-17H2,1-2H3/t18-,20+,22+,23+,24+,25+,30-,31-,32-/m0/s1. The molecule has 0 spiro atoms. The molecule has 10 heteroatoms. The smallest absolute Gasteiger partial charge is 0.333 e. The molecule has 2 amide bonds. The zero-order valence-electron chi connectivity index (χ0n) is 24.6. The largest absolute Gasteiger partial charge is 0.458 e. The first-order valence-corrected chi connectivity index (χ1v) is 15.7. The fourth-order valence-electron chi connectivity index (χ4n) is 10.1. The lowest BCUT2D eigenvalue weighted by atomic mass is 9.42. The summed E-state index contributed by atoms with van der Waals surface area (Å²) in [6, 6.07) is 0. The van der Waals surface area contributed by atoms with Gasteiger partial charge in [-0.05, 0) is 91.9 Å². The van der Waals surface area contributed by atoms with E-state index in [0.29, 0.717) is 30.2 Å². The summed E-state index contributed by atoms with van der Waals surface area (Å²) in [5, 5.41) is 24.6. The molecule has 0 aromatic carbocycles. The molecule has 42 heavy (non-hydrogen) atoms. The number of Topliss-reactive ketones (excluding diaryl/α,β-unsaturated/α-hetero) is 1. The monoisotopic (exact) mass is 585 g/mol. The molecule has 0 unspecified atom stereocenters. The molecule has 1 saturated heterocycles. The van der Waals surface area contributed by atoms with Crippen molar-refractivity contribution in [3.05, 3.63) is 11.6 Å². The van der Waals surface area contributed by atoms with Gasteiger partial charge in [0.15, 0.2) is 0 Å². The zero-order valence-corrected chi connectivity index (χ0v) is 24.6. The quantitative estimate of drug-likeness (QED) is 0.340. The van der Waals surface area contributed by atoms with Crippen molar-refractivity contribution >= 4 is 29.5 Å². The van der Waals surface area contributed by atoms with Gasteiger partial charge in [-0.2, -0.15) is 0 Å². The van der Waals surface area contributed by atoms with Gasteiger partial charge < -0.3 is 19.8 Å². The number of imide groups is 1. The van der Waals surface area contributed by atoms with Crippen LogP contribution in [0.5, 0.6) is 0 Å². The number of amides is 2. The molecule has 230 valence electrons. The number of carbonyl (C=O) groups is 5. The second kappa shape index (κ2) is 10.5. The fraction of sp³-hybridized carbons (Fsp3) is 0.781. The van der Waals surface area contributed by atoms with Crippen LogP contribution in [-0.2, 0) is 33.5 Å². The van der Waals surface area contributed by atoms with Gasteiger partial charge in [0.1, 0.15) is 12.4 Å². The summed E-state index contributed by atoms with van der Waals surface area (Å²) in [7, 11) is 0. The number of ketones is 1. The fourth-order valence-corrected chi connectivity index (χ4v) is 10.1. The van der Waals surface area contributed by atoms with Crippen LogP contribution >= 0.6 is 0 Å². The van der Waals surface area contributed by atoms with E-state index in [1.165, 1.54) is 0 Å². The van der Waals surface area contributed by atoms with Crippen molar-refractivity contribution in [2.24, 2.45) is 40.4 Å². The molecule has 4 aliphatic carbocycles. The van der Waals surface area contributed by atoms with Crippen LogP contribution in [-0.4, -0.2) is 63.1 Å². The first-order chi connectivity index (χ1) is 19.9. The minimum atomic E-state index is -1.01. The summed E-state index contributed by atoms with van der Waals surface area (Å²) >= 11 is 0. The molecule has 6 rings (SSSR count). The Morgan fingerprint density at radius 3 is 2.43 bits per heavy atom. The van der Waals surface area contributed by atoms with Crippen molar-refractivity contribution in [3.8, 4) is 0 Å². The number of aliphatic hydroxyl groups is 2. The molecular weight excluding hydrogens is 542 g/mol. The first-order valence-electron chi connectivity index (χ1n) is 15.7. The molecule has 0 aromatic heterocycles. The molecule has 0 aromatic rings. The molecule has 5 fully saturated rings. The van der Waals surface area contributed by atoms with E-state index in [4.69, 9.17) is 9.57 Å². The number of rotatable bonds is 7. The molecule has 4 saturated carbocycles. The number of carbonyl (C=O) groups excluding carboxylic acids is 5. The number of nitrogens with zero attached hydrogens (tertiary/aromatic N) is 1. The van der Waals surface area contributed by atoms with E-state index in [1.807, 2.05) is 6.92 Å². The van der Waals surface area contributed by atoms with Crippen LogP contribution in [0.25, 0.3) is 0 Å². The highest BCUT2D eigenvalue weighted by Gasteiger charge is 2.70. The predicted molar refractivity (Wildman–Crippen MR) is 147 cm³/mol. The number of cyclic esters (lactones) is 1. The molecule has 0 bridgehead atoms. The van der Waals surface area contributed by atoms with Crippen LogP contribution in [0, 0.1) is 40.4 Å². The second-order valence-corrected chi connectivity index (χ2v) is 14.3. The maximum Gasteiger partial charge on any atom is 0.333 e. The van der Waals surface area contributed by atoms with Gasteiger partial charge in [-0.1, -0.05) is 13.8 Å². The molecular formula is C32H43NO9. The highest BCUT2D eigenvalue weighted by molar-refractivity contribution is 6.01. The lowest BCUT2D eigenvalue weighted by Gasteiger charge is -2.65. The maximum atomic E-state index is 12.8. The zero-order chi connectivity index (χ0) is 30.0. The third kappa shape index (κ3) is 4.55. The van der Waals surface area contributed by atoms with Crippen LogP contribution in [0.3, 0.4) is 0 Å². The SMILES string of the molecule is C[C@]12CC[C@H](CC(=O)CCC(=O)ON3C(=O)CCC3=O)C[C@H]1CC[C@@H]1[C@H]2C[C@@H](O)[C@]2(C)[C@@H](C3=CC(=O)OC3)CC[C@]12O. The normalized spacial score (nSPS) is 42.9. The van der Waals surface area contributed by atoms with E-state index in [-0.39, 0.29) is 73.1 Å². The summed E-state index contributed by atoms with van der Waals surface area (Å²) in [6.45, 7) is 4.58.